The van der Waals surface area contributed by atoms with Gasteiger partial charge in [-0.1, -0.05) is 6.07 Å². The fourth-order valence-electron chi connectivity index (χ4n) is 2.27. The standard InChI is InChI=1S/C17H22N2O2S2/c1-11(17-12(2)23-13(3)18-17)19(4)16(20)10-22-15-8-6-7-14(9-15)21-5/h6-9,11H,10H2,1-5H3/t11-/m0/s1. The van der Waals surface area contributed by atoms with Crippen LogP contribution in [0.5, 0.6) is 5.75 Å². The zero-order valence-corrected chi connectivity index (χ0v) is 15.8. The SMILES string of the molecule is COc1cccc(SCC(=O)N(C)[C@@H](C)c2nc(C)sc2C)c1. The van der Waals surface area contributed by atoms with E-state index in [2.05, 4.69) is 11.9 Å². The van der Waals surface area contributed by atoms with Gasteiger partial charge in [0.05, 0.1) is 29.6 Å². The summed E-state index contributed by atoms with van der Waals surface area (Å²) >= 11 is 3.19. The molecule has 0 saturated heterocycles. The van der Waals surface area contributed by atoms with Gasteiger partial charge in [-0.15, -0.1) is 23.1 Å². The van der Waals surface area contributed by atoms with Crippen LogP contribution in [0.3, 0.4) is 0 Å². The first-order valence-corrected chi connectivity index (χ1v) is 9.19. The lowest BCUT2D eigenvalue weighted by molar-refractivity contribution is -0.129. The Kier molecular flexibility index (Phi) is 6.07. The quantitative estimate of drug-likeness (QED) is 0.736. The van der Waals surface area contributed by atoms with Crippen molar-refractivity contribution >= 4 is 29.0 Å². The van der Waals surface area contributed by atoms with E-state index < -0.39 is 0 Å². The Morgan fingerprint density at radius 2 is 2.17 bits per heavy atom. The highest BCUT2D eigenvalue weighted by Gasteiger charge is 2.21. The van der Waals surface area contributed by atoms with Crippen molar-refractivity contribution in [2.45, 2.75) is 31.7 Å². The molecule has 0 saturated carbocycles. The van der Waals surface area contributed by atoms with E-state index in [1.165, 1.54) is 16.6 Å². The molecule has 0 N–H and O–H groups in total. The van der Waals surface area contributed by atoms with E-state index in [1.807, 2.05) is 45.2 Å². The van der Waals surface area contributed by atoms with Gasteiger partial charge in [0.25, 0.3) is 0 Å². The summed E-state index contributed by atoms with van der Waals surface area (Å²) in [6.45, 7) is 6.07. The maximum Gasteiger partial charge on any atom is 0.233 e. The van der Waals surface area contributed by atoms with E-state index in [1.54, 1.807) is 23.3 Å². The number of aromatic nitrogens is 1. The first-order valence-electron chi connectivity index (χ1n) is 7.38. The Morgan fingerprint density at radius 3 is 2.78 bits per heavy atom. The minimum atomic E-state index is -0.0154. The minimum Gasteiger partial charge on any atom is -0.497 e. The van der Waals surface area contributed by atoms with E-state index in [0.29, 0.717) is 5.75 Å². The summed E-state index contributed by atoms with van der Waals surface area (Å²) in [6.07, 6.45) is 0. The fraction of sp³-hybridized carbons (Fsp3) is 0.412. The van der Waals surface area contributed by atoms with E-state index in [4.69, 9.17) is 4.74 Å². The van der Waals surface area contributed by atoms with Crippen LogP contribution in [0.25, 0.3) is 0 Å². The lowest BCUT2D eigenvalue weighted by Gasteiger charge is -2.24. The zero-order chi connectivity index (χ0) is 17.0. The Morgan fingerprint density at radius 1 is 1.43 bits per heavy atom. The topological polar surface area (TPSA) is 42.4 Å². The number of methoxy groups -OCH3 is 1. The lowest BCUT2D eigenvalue weighted by atomic mass is 10.2. The molecule has 0 aliphatic heterocycles. The van der Waals surface area contributed by atoms with Crippen molar-refractivity contribution in [1.82, 2.24) is 9.88 Å². The smallest absolute Gasteiger partial charge is 0.233 e. The second-order valence-corrected chi connectivity index (χ2v) is 7.78. The molecular weight excluding hydrogens is 328 g/mol. The molecule has 1 aromatic heterocycles. The van der Waals surface area contributed by atoms with Gasteiger partial charge in [-0.05, 0) is 39.0 Å². The van der Waals surface area contributed by atoms with Gasteiger partial charge in [-0.3, -0.25) is 4.79 Å². The summed E-state index contributed by atoms with van der Waals surface area (Å²) in [5.74, 6) is 1.30. The average Bonchev–Trinajstić information content (AvgIpc) is 2.89. The molecule has 2 rings (SSSR count). The predicted molar refractivity (Wildman–Crippen MR) is 96.5 cm³/mol. The molecule has 0 spiro atoms. The van der Waals surface area contributed by atoms with Gasteiger partial charge in [-0.2, -0.15) is 0 Å². The van der Waals surface area contributed by atoms with E-state index in [9.17, 15) is 4.79 Å². The molecule has 1 heterocycles. The Labute approximate surface area is 145 Å². The zero-order valence-electron chi connectivity index (χ0n) is 14.1. The van der Waals surface area contributed by atoms with Crippen LogP contribution in [-0.2, 0) is 4.79 Å². The first-order chi connectivity index (χ1) is 10.9. The maximum absolute atomic E-state index is 12.5. The van der Waals surface area contributed by atoms with Crippen molar-refractivity contribution in [3.8, 4) is 5.75 Å². The van der Waals surface area contributed by atoms with Crippen LogP contribution < -0.4 is 4.74 Å². The molecule has 4 nitrogen and oxygen atoms in total. The molecule has 2 aromatic rings. The molecule has 23 heavy (non-hydrogen) atoms. The highest BCUT2D eigenvalue weighted by molar-refractivity contribution is 8.00. The van der Waals surface area contributed by atoms with Crippen LogP contribution in [0.1, 0.15) is 28.5 Å². The molecule has 0 aliphatic rings. The summed E-state index contributed by atoms with van der Waals surface area (Å²) in [5.41, 5.74) is 0.995. The summed E-state index contributed by atoms with van der Waals surface area (Å²) in [7, 11) is 3.48. The van der Waals surface area contributed by atoms with Crippen molar-refractivity contribution in [3.63, 3.8) is 0 Å². The van der Waals surface area contributed by atoms with Gasteiger partial charge in [0.2, 0.25) is 5.91 Å². The molecule has 0 aliphatic carbocycles. The number of rotatable bonds is 6. The molecule has 1 atom stereocenters. The number of thiazole rings is 1. The third-order valence-electron chi connectivity index (χ3n) is 3.71. The van der Waals surface area contributed by atoms with Gasteiger partial charge < -0.3 is 9.64 Å². The normalized spacial score (nSPS) is 12.0. The monoisotopic (exact) mass is 350 g/mol. The van der Waals surface area contributed by atoms with Gasteiger partial charge >= 0.3 is 0 Å². The largest absolute Gasteiger partial charge is 0.497 e. The van der Waals surface area contributed by atoms with Crippen molar-refractivity contribution in [3.05, 3.63) is 39.8 Å². The molecular formula is C17H22N2O2S2. The highest BCUT2D eigenvalue weighted by atomic mass is 32.2. The van der Waals surface area contributed by atoms with Gasteiger partial charge in [-0.25, -0.2) is 4.98 Å². The van der Waals surface area contributed by atoms with Crippen LogP contribution >= 0.6 is 23.1 Å². The highest BCUT2D eigenvalue weighted by Crippen LogP contribution is 2.28. The molecule has 0 radical (unpaired) electrons. The maximum atomic E-state index is 12.5. The van der Waals surface area contributed by atoms with Crippen LogP contribution in [0.4, 0.5) is 0 Å². The summed E-state index contributed by atoms with van der Waals surface area (Å²) in [6, 6.07) is 7.73. The molecule has 6 heteroatoms. The number of amides is 1. The van der Waals surface area contributed by atoms with Crippen molar-refractivity contribution < 1.29 is 9.53 Å². The number of carbonyl (C=O) groups is 1. The Bertz CT molecular complexity index is 685. The number of nitrogens with zero attached hydrogens (tertiary/aromatic N) is 2. The number of hydrogen-bond donors (Lipinski definition) is 0. The summed E-state index contributed by atoms with van der Waals surface area (Å²) < 4.78 is 5.20. The molecule has 0 bridgehead atoms. The predicted octanol–water partition coefficient (Wildman–Crippen LogP) is 4.08. The molecule has 1 amide bonds. The van der Waals surface area contributed by atoms with E-state index in [-0.39, 0.29) is 11.9 Å². The molecule has 124 valence electrons. The van der Waals surface area contributed by atoms with Crippen LogP contribution in [0.2, 0.25) is 0 Å². The third-order valence-corrected chi connectivity index (χ3v) is 5.59. The third kappa shape index (κ3) is 4.48. The Hall–Kier alpha value is -1.53. The first kappa shape index (κ1) is 17.8. The number of carbonyl (C=O) groups excluding carboxylic acids is 1. The van der Waals surface area contributed by atoms with E-state index in [0.717, 1.165) is 21.3 Å². The molecule has 0 fully saturated rings. The summed E-state index contributed by atoms with van der Waals surface area (Å²) in [5, 5.41) is 1.04. The number of aryl methyl sites for hydroxylation is 2. The van der Waals surface area contributed by atoms with Gasteiger partial charge in [0, 0.05) is 16.8 Å². The number of ether oxygens (including phenoxy) is 1. The van der Waals surface area contributed by atoms with Gasteiger partial charge in [0.1, 0.15) is 5.75 Å². The van der Waals surface area contributed by atoms with Gasteiger partial charge in [0.15, 0.2) is 0 Å². The second-order valence-electron chi connectivity index (χ2n) is 5.32. The van der Waals surface area contributed by atoms with Crippen LogP contribution in [0, 0.1) is 13.8 Å². The van der Waals surface area contributed by atoms with Crippen molar-refractivity contribution in [2.75, 3.05) is 19.9 Å². The fourth-order valence-corrected chi connectivity index (χ4v) is 4.05. The molecule has 1 aromatic carbocycles. The number of hydrogen-bond acceptors (Lipinski definition) is 5. The summed E-state index contributed by atoms with van der Waals surface area (Å²) in [4.78, 5) is 21.0. The lowest BCUT2D eigenvalue weighted by Crippen LogP contribution is -2.31. The molecule has 0 unspecified atom stereocenters. The second kappa shape index (κ2) is 7.84. The Balaban J connectivity index is 1.98. The number of thioether (sulfide) groups is 1. The van der Waals surface area contributed by atoms with Crippen LogP contribution in [0.15, 0.2) is 29.2 Å². The van der Waals surface area contributed by atoms with Crippen LogP contribution in [-0.4, -0.2) is 35.7 Å². The number of benzene rings is 1. The minimum absolute atomic E-state index is 0.0154. The van der Waals surface area contributed by atoms with E-state index >= 15 is 0 Å². The van der Waals surface area contributed by atoms with Crippen molar-refractivity contribution in [2.24, 2.45) is 0 Å². The average molecular weight is 351 g/mol. The van der Waals surface area contributed by atoms with Crippen molar-refractivity contribution in [1.29, 1.82) is 0 Å².